The lowest BCUT2D eigenvalue weighted by molar-refractivity contribution is 0.0696. The van der Waals surface area contributed by atoms with Gasteiger partial charge >= 0.3 is 5.97 Å². The van der Waals surface area contributed by atoms with E-state index in [1.165, 1.54) is 37.8 Å². The molecule has 1 aromatic carbocycles. The first kappa shape index (κ1) is 14.6. The van der Waals surface area contributed by atoms with Crippen molar-refractivity contribution in [1.82, 2.24) is 5.32 Å². The molecule has 2 atom stereocenters. The summed E-state index contributed by atoms with van der Waals surface area (Å²) in [5.41, 5.74) is 0.709. The molecule has 1 aromatic rings. The van der Waals surface area contributed by atoms with Crippen LogP contribution < -0.4 is 5.32 Å². The Morgan fingerprint density at radius 2 is 1.75 bits per heavy atom. The molecule has 0 saturated heterocycles. The molecule has 0 bridgehead atoms. The molecule has 1 fully saturated rings. The molecule has 2 N–H and O–H groups in total. The van der Waals surface area contributed by atoms with Gasteiger partial charge in [0.25, 0.3) is 5.91 Å². The molecule has 2 rings (SSSR count). The van der Waals surface area contributed by atoms with Gasteiger partial charge in [-0.05, 0) is 42.5 Å². The molecule has 1 amide bonds. The minimum absolute atomic E-state index is 0.125. The van der Waals surface area contributed by atoms with Crippen LogP contribution in [0.25, 0.3) is 0 Å². The standard InChI is InChI=1S/C16H21NO3/c1-11-4-2-3-5-14(11)10-17-15(18)12-6-8-13(9-7-12)16(19)20/h6-9,11,14H,2-5,10H2,1H3,(H,17,18)(H,19,20). The van der Waals surface area contributed by atoms with Crippen LogP contribution in [0.2, 0.25) is 0 Å². The van der Waals surface area contributed by atoms with Gasteiger partial charge in [0.15, 0.2) is 0 Å². The number of aromatic carboxylic acids is 1. The topological polar surface area (TPSA) is 66.4 Å². The minimum atomic E-state index is -0.979. The van der Waals surface area contributed by atoms with E-state index < -0.39 is 5.97 Å². The third kappa shape index (κ3) is 3.59. The zero-order valence-electron chi connectivity index (χ0n) is 11.8. The van der Waals surface area contributed by atoms with E-state index in [2.05, 4.69) is 12.2 Å². The summed E-state index contributed by atoms with van der Waals surface area (Å²) in [5.74, 6) is 0.122. The Hall–Kier alpha value is -1.84. The molecule has 20 heavy (non-hydrogen) atoms. The van der Waals surface area contributed by atoms with Gasteiger partial charge in [0.05, 0.1) is 5.56 Å². The highest BCUT2D eigenvalue weighted by atomic mass is 16.4. The van der Waals surface area contributed by atoms with Gasteiger partial charge in [0.2, 0.25) is 0 Å². The largest absolute Gasteiger partial charge is 0.478 e. The Kier molecular flexibility index (Phi) is 4.77. The van der Waals surface area contributed by atoms with E-state index in [-0.39, 0.29) is 11.5 Å². The predicted molar refractivity (Wildman–Crippen MR) is 76.9 cm³/mol. The number of amides is 1. The molecule has 0 heterocycles. The Bertz CT molecular complexity index is 481. The summed E-state index contributed by atoms with van der Waals surface area (Å²) >= 11 is 0. The molecule has 1 saturated carbocycles. The van der Waals surface area contributed by atoms with Gasteiger partial charge in [-0.3, -0.25) is 4.79 Å². The van der Waals surface area contributed by atoms with Crippen LogP contribution in [0, 0.1) is 11.8 Å². The highest BCUT2D eigenvalue weighted by molar-refractivity contribution is 5.95. The van der Waals surface area contributed by atoms with E-state index >= 15 is 0 Å². The number of carboxylic acid groups (broad SMARTS) is 1. The number of carboxylic acids is 1. The Balaban J connectivity index is 1.89. The van der Waals surface area contributed by atoms with E-state index in [0.717, 1.165) is 0 Å². The number of rotatable bonds is 4. The van der Waals surface area contributed by atoms with Crippen LogP contribution in [-0.2, 0) is 0 Å². The summed E-state index contributed by atoms with van der Waals surface area (Å²) in [6, 6.07) is 6.03. The van der Waals surface area contributed by atoms with Crippen LogP contribution in [0.15, 0.2) is 24.3 Å². The summed E-state index contributed by atoms with van der Waals surface area (Å²) in [7, 11) is 0. The summed E-state index contributed by atoms with van der Waals surface area (Å²) in [5, 5.41) is 11.8. The number of nitrogens with one attached hydrogen (secondary N) is 1. The second kappa shape index (κ2) is 6.55. The monoisotopic (exact) mass is 275 g/mol. The van der Waals surface area contributed by atoms with Crippen molar-refractivity contribution in [1.29, 1.82) is 0 Å². The molecule has 4 heteroatoms. The fourth-order valence-corrected chi connectivity index (χ4v) is 2.79. The second-order valence-corrected chi connectivity index (χ2v) is 5.61. The number of benzene rings is 1. The average molecular weight is 275 g/mol. The molecule has 2 unspecified atom stereocenters. The highest BCUT2D eigenvalue weighted by Crippen LogP contribution is 2.28. The number of hydrogen-bond acceptors (Lipinski definition) is 2. The molecule has 1 aliphatic rings. The van der Waals surface area contributed by atoms with Crippen LogP contribution in [-0.4, -0.2) is 23.5 Å². The fourth-order valence-electron chi connectivity index (χ4n) is 2.79. The third-order valence-corrected chi connectivity index (χ3v) is 4.21. The van der Waals surface area contributed by atoms with E-state index in [1.54, 1.807) is 12.1 Å². The SMILES string of the molecule is CC1CCCCC1CNC(=O)c1ccc(C(=O)O)cc1. The molecule has 0 aromatic heterocycles. The summed E-state index contributed by atoms with van der Waals surface area (Å²) in [6.45, 7) is 2.96. The van der Waals surface area contributed by atoms with Gasteiger partial charge in [-0.15, -0.1) is 0 Å². The van der Waals surface area contributed by atoms with Crippen molar-refractivity contribution in [2.45, 2.75) is 32.6 Å². The van der Waals surface area contributed by atoms with Crippen LogP contribution in [0.5, 0.6) is 0 Å². The van der Waals surface area contributed by atoms with Gasteiger partial charge in [-0.25, -0.2) is 4.79 Å². The van der Waals surface area contributed by atoms with E-state index in [1.807, 2.05) is 0 Å². The van der Waals surface area contributed by atoms with E-state index in [0.29, 0.717) is 23.9 Å². The molecule has 108 valence electrons. The summed E-state index contributed by atoms with van der Waals surface area (Å²) in [4.78, 5) is 22.8. The molecule has 0 radical (unpaired) electrons. The van der Waals surface area contributed by atoms with Crippen LogP contribution in [0.4, 0.5) is 0 Å². The van der Waals surface area contributed by atoms with E-state index in [9.17, 15) is 9.59 Å². The van der Waals surface area contributed by atoms with Crippen molar-refractivity contribution in [3.63, 3.8) is 0 Å². The lowest BCUT2D eigenvalue weighted by Gasteiger charge is -2.28. The van der Waals surface area contributed by atoms with Crippen LogP contribution in [0.3, 0.4) is 0 Å². The normalized spacial score (nSPS) is 22.2. The third-order valence-electron chi connectivity index (χ3n) is 4.21. The zero-order chi connectivity index (χ0) is 14.5. The maximum Gasteiger partial charge on any atom is 0.335 e. The van der Waals surface area contributed by atoms with Gasteiger partial charge in [0.1, 0.15) is 0 Å². The first-order valence-electron chi connectivity index (χ1n) is 7.19. The molecular weight excluding hydrogens is 254 g/mol. The van der Waals surface area contributed by atoms with Crippen LogP contribution in [0.1, 0.15) is 53.3 Å². The first-order valence-corrected chi connectivity index (χ1v) is 7.19. The van der Waals surface area contributed by atoms with Crippen molar-refractivity contribution < 1.29 is 14.7 Å². The second-order valence-electron chi connectivity index (χ2n) is 5.61. The summed E-state index contributed by atoms with van der Waals surface area (Å²) in [6.07, 6.45) is 4.97. The van der Waals surface area contributed by atoms with E-state index in [4.69, 9.17) is 5.11 Å². The molecule has 1 aliphatic carbocycles. The molecule has 4 nitrogen and oxygen atoms in total. The number of carbonyl (C=O) groups is 2. The van der Waals surface area contributed by atoms with Gasteiger partial charge < -0.3 is 10.4 Å². The van der Waals surface area contributed by atoms with Gasteiger partial charge in [0, 0.05) is 12.1 Å². The van der Waals surface area contributed by atoms with Gasteiger partial charge in [-0.2, -0.15) is 0 Å². The first-order chi connectivity index (χ1) is 9.58. The Labute approximate surface area is 119 Å². The lowest BCUT2D eigenvalue weighted by Crippen LogP contribution is -2.33. The average Bonchev–Trinajstić information content (AvgIpc) is 2.46. The molecular formula is C16H21NO3. The summed E-state index contributed by atoms with van der Waals surface area (Å²) < 4.78 is 0. The van der Waals surface area contributed by atoms with Gasteiger partial charge in [-0.1, -0.05) is 26.2 Å². The van der Waals surface area contributed by atoms with Crippen molar-refractivity contribution in [2.24, 2.45) is 11.8 Å². The fraction of sp³-hybridized carbons (Fsp3) is 0.500. The number of carbonyl (C=O) groups excluding carboxylic acids is 1. The highest BCUT2D eigenvalue weighted by Gasteiger charge is 2.21. The number of hydrogen-bond donors (Lipinski definition) is 2. The van der Waals surface area contributed by atoms with Crippen molar-refractivity contribution >= 4 is 11.9 Å². The quantitative estimate of drug-likeness (QED) is 0.887. The molecule has 0 spiro atoms. The van der Waals surface area contributed by atoms with Crippen LogP contribution >= 0.6 is 0 Å². The Morgan fingerprint density at radius 1 is 1.15 bits per heavy atom. The predicted octanol–water partition coefficient (Wildman–Crippen LogP) is 2.94. The minimum Gasteiger partial charge on any atom is -0.478 e. The smallest absolute Gasteiger partial charge is 0.335 e. The lowest BCUT2D eigenvalue weighted by atomic mass is 9.80. The molecule has 0 aliphatic heterocycles. The Morgan fingerprint density at radius 3 is 2.35 bits per heavy atom. The maximum atomic E-state index is 12.0. The van der Waals surface area contributed by atoms with Crippen molar-refractivity contribution in [3.8, 4) is 0 Å². The zero-order valence-corrected chi connectivity index (χ0v) is 11.8. The maximum absolute atomic E-state index is 12.0. The van der Waals surface area contributed by atoms with Crippen molar-refractivity contribution in [3.05, 3.63) is 35.4 Å². The van der Waals surface area contributed by atoms with Crippen molar-refractivity contribution in [2.75, 3.05) is 6.54 Å².